The lowest BCUT2D eigenvalue weighted by Crippen LogP contribution is -2.25. The standard InChI is InChI=1S/C13H20BrNO3S/c1-2-3-4-5-8-15-19(17,18)13-9-11(10-16)6-7-12(13)14/h6-7,9,15-16H,2-5,8,10H2,1H3. The van der Waals surface area contributed by atoms with E-state index in [4.69, 9.17) is 5.11 Å². The quantitative estimate of drug-likeness (QED) is 0.709. The first-order chi connectivity index (χ1) is 9.01. The van der Waals surface area contributed by atoms with Gasteiger partial charge in [0, 0.05) is 11.0 Å². The lowest BCUT2D eigenvalue weighted by Gasteiger charge is -2.09. The molecule has 0 saturated carbocycles. The van der Waals surface area contributed by atoms with Gasteiger partial charge in [0.2, 0.25) is 10.0 Å². The normalized spacial score (nSPS) is 11.7. The average molecular weight is 350 g/mol. The van der Waals surface area contributed by atoms with Crippen LogP contribution in [0, 0.1) is 0 Å². The van der Waals surface area contributed by atoms with E-state index in [2.05, 4.69) is 27.6 Å². The Balaban J connectivity index is 2.71. The van der Waals surface area contributed by atoms with E-state index in [-0.39, 0.29) is 11.5 Å². The van der Waals surface area contributed by atoms with Gasteiger partial charge in [0.15, 0.2) is 0 Å². The van der Waals surface area contributed by atoms with Gasteiger partial charge >= 0.3 is 0 Å². The Hall–Kier alpha value is -0.430. The van der Waals surface area contributed by atoms with E-state index in [1.54, 1.807) is 12.1 Å². The summed E-state index contributed by atoms with van der Waals surface area (Å²) in [6.45, 7) is 2.38. The minimum atomic E-state index is -3.52. The van der Waals surface area contributed by atoms with Crippen molar-refractivity contribution in [3.05, 3.63) is 28.2 Å². The summed E-state index contributed by atoms with van der Waals surface area (Å²) in [5, 5.41) is 9.06. The van der Waals surface area contributed by atoms with Gasteiger partial charge in [-0.15, -0.1) is 0 Å². The van der Waals surface area contributed by atoms with Crippen LogP contribution in [0.3, 0.4) is 0 Å². The van der Waals surface area contributed by atoms with E-state index < -0.39 is 10.0 Å². The molecule has 0 amide bonds. The molecular weight excluding hydrogens is 330 g/mol. The molecule has 0 bridgehead atoms. The molecule has 0 spiro atoms. The minimum Gasteiger partial charge on any atom is -0.392 e. The number of nitrogens with one attached hydrogen (secondary N) is 1. The molecule has 0 aliphatic carbocycles. The summed E-state index contributed by atoms with van der Waals surface area (Å²) in [5.41, 5.74) is 0.578. The molecule has 0 fully saturated rings. The molecule has 0 radical (unpaired) electrons. The van der Waals surface area contributed by atoms with Crippen LogP contribution in [0.15, 0.2) is 27.6 Å². The van der Waals surface area contributed by atoms with Gasteiger partial charge in [0.1, 0.15) is 0 Å². The molecule has 0 saturated heterocycles. The molecule has 6 heteroatoms. The Morgan fingerprint density at radius 3 is 2.63 bits per heavy atom. The fourth-order valence-electron chi connectivity index (χ4n) is 1.69. The molecule has 0 aliphatic rings. The van der Waals surface area contributed by atoms with Gasteiger partial charge < -0.3 is 5.11 Å². The molecule has 1 rings (SSSR count). The first-order valence-corrected chi connectivity index (χ1v) is 8.68. The van der Waals surface area contributed by atoms with Gasteiger partial charge in [-0.2, -0.15) is 0 Å². The maximum atomic E-state index is 12.1. The molecule has 19 heavy (non-hydrogen) atoms. The zero-order valence-electron chi connectivity index (χ0n) is 11.0. The highest BCUT2D eigenvalue weighted by molar-refractivity contribution is 9.10. The largest absolute Gasteiger partial charge is 0.392 e. The lowest BCUT2D eigenvalue weighted by atomic mass is 10.2. The van der Waals surface area contributed by atoms with E-state index in [1.807, 2.05) is 0 Å². The Morgan fingerprint density at radius 1 is 1.26 bits per heavy atom. The summed E-state index contributed by atoms with van der Waals surface area (Å²) in [4.78, 5) is 0.176. The number of hydrogen-bond donors (Lipinski definition) is 2. The predicted octanol–water partition coefficient (Wildman–Crippen LogP) is 2.80. The Labute approximate surface area is 123 Å². The van der Waals surface area contributed by atoms with E-state index >= 15 is 0 Å². The molecule has 2 N–H and O–H groups in total. The fourth-order valence-corrected chi connectivity index (χ4v) is 3.77. The second-order valence-corrected chi connectivity index (χ2v) is 6.97. The van der Waals surface area contributed by atoms with E-state index in [9.17, 15) is 8.42 Å². The Bertz CT molecular complexity index is 503. The number of rotatable bonds is 8. The van der Waals surface area contributed by atoms with Crippen LogP contribution in [0.5, 0.6) is 0 Å². The topological polar surface area (TPSA) is 66.4 Å². The molecule has 0 atom stereocenters. The monoisotopic (exact) mass is 349 g/mol. The third-order valence-corrected chi connectivity index (χ3v) is 5.25. The summed E-state index contributed by atoms with van der Waals surface area (Å²) in [7, 11) is -3.52. The van der Waals surface area contributed by atoms with Crippen molar-refractivity contribution in [2.45, 2.75) is 44.1 Å². The highest BCUT2D eigenvalue weighted by Gasteiger charge is 2.17. The van der Waals surface area contributed by atoms with Crippen molar-refractivity contribution in [1.29, 1.82) is 0 Å². The molecule has 1 aromatic rings. The molecular formula is C13H20BrNO3S. The van der Waals surface area contributed by atoms with Crippen LogP contribution >= 0.6 is 15.9 Å². The van der Waals surface area contributed by atoms with Crippen LogP contribution in [-0.4, -0.2) is 20.1 Å². The van der Waals surface area contributed by atoms with E-state index in [0.29, 0.717) is 16.6 Å². The van der Waals surface area contributed by atoms with Crippen molar-refractivity contribution in [3.63, 3.8) is 0 Å². The maximum absolute atomic E-state index is 12.1. The summed E-state index contributed by atoms with van der Waals surface area (Å²) in [6, 6.07) is 4.81. The third kappa shape index (κ3) is 5.22. The highest BCUT2D eigenvalue weighted by Crippen LogP contribution is 2.23. The summed E-state index contributed by atoms with van der Waals surface area (Å²) >= 11 is 3.23. The van der Waals surface area contributed by atoms with Gasteiger partial charge in [0.05, 0.1) is 11.5 Å². The molecule has 4 nitrogen and oxygen atoms in total. The predicted molar refractivity (Wildman–Crippen MR) is 79.4 cm³/mol. The van der Waals surface area contributed by atoms with Crippen molar-refractivity contribution in [3.8, 4) is 0 Å². The third-order valence-electron chi connectivity index (χ3n) is 2.79. The number of sulfonamides is 1. The summed E-state index contributed by atoms with van der Waals surface area (Å²) in [5.74, 6) is 0. The van der Waals surface area contributed by atoms with Crippen LogP contribution in [0.4, 0.5) is 0 Å². The van der Waals surface area contributed by atoms with Crippen molar-refractivity contribution in [1.82, 2.24) is 4.72 Å². The van der Waals surface area contributed by atoms with Crippen molar-refractivity contribution >= 4 is 26.0 Å². The number of aliphatic hydroxyl groups is 1. The molecule has 0 unspecified atom stereocenters. The zero-order chi connectivity index (χ0) is 14.3. The van der Waals surface area contributed by atoms with Crippen LogP contribution in [0.1, 0.15) is 38.2 Å². The van der Waals surface area contributed by atoms with Crippen LogP contribution in [0.2, 0.25) is 0 Å². The number of hydrogen-bond acceptors (Lipinski definition) is 3. The number of unbranched alkanes of at least 4 members (excludes halogenated alkanes) is 3. The van der Waals surface area contributed by atoms with Gasteiger partial charge in [-0.1, -0.05) is 32.3 Å². The molecule has 0 aliphatic heterocycles. The second-order valence-electron chi connectivity index (χ2n) is 4.38. The highest BCUT2D eigenvalue weighted by atomic mass is 79.9. The van der Waals surface area contributed by atoms with E-state index in [1.165, 1.54) is 6.07 Å². The van der Waals surface area contributed by atoms with E-state index in [0.717, 1.165) is 25.7 Å². The van der Waals surface area contributed by atoms with Gasteiger partial charge in [-0.3, -0.25) is 0 Å². The summed E-state index contributed by atoms with van der Waals surface area (Å²) < 4.78 is 27.4. The Morgan fingerprint density at radius 2 is 2.00 bits per heavy atom. The average Bonchev–Trinajstić information content (AvgIpc) is 2.39. The number of halogens is 1. The van der Waals surface area contributed by atoms with Gasteiger partial charge in [-0.25, -0.2) is 13.1 Å². The maximum Gasteiger partial charge on any atom is 0.241 e. The smallest absolute Gasteiger partial charge is 0.241 e. The lowest BCUT2D eigenvalue weighted by molar-refractivity contribution is 0.281. The van der Waals surface area contributed by atoms with Crippen molar-refractivity contribution in [2.24, 2.45) is 0 Å². The van der Waals surface area contributed by atoms with Crippen LogP contribution in [-0.2, 0) is 16.6 Å². The first-order valence-electron chi connectivity index (χ1n) is 6.40. The Kier molecular flexibility index (Phi) is 6.99. The number of benzene rings is 1. The van der Waals surface area contributed by atoms with Crippen molar-refractivity contribution < 1.29 is 13.5 Å². The first kappa shape index (κ1) is 16.6. The second kappa shape index (κ2) is 7.99. The SMILES string of the molecule is CCCCCCNS(=O)(=O)c1cc(CO)ccc1Br. The fraction of sp³-hybridized carbons (Fsp3) is 0.538. The number of aliphatic hydroxyl groups excluding tert-OH is 1. The zero-order valence-corrected chi connectivity index (χ0v) is 13.4. The summed E-state index contributed by atoms with van der Waals surface area (Å²) in [6.07, 6.45) is 4.10. The molecule has 0 aromatic heterocycles. The minimum absolute atomic E-state index is 0.174. The van der Waals surface area contributed by atoms with Crippen LogP contribution < -0.4 is 4.72 Å². The van der Waals surface area contributed by atoms with Gasteiger partial charge in [-0.05, 0) is 40.0 Å². The van der Waals surface area contributed by atoms with Gasteiger partial charge in [0.25, 0.3) is 0 Å². The molecule has 1 aromatic carbocycles. The molecule has 108 valence electrons. The molecule has 0 heterocycles. The van der Waals surface area contributed by atoms with Crippen molar-refractivity contribution in [2.75, 3.05) is 6.54 Å². The van der Waals surface area contributed by atoms with Crippen LogP contribution in [0.25, 0.3) is 0 Å².